The van der Waals surface area contributed by atoms with Crippen LogP contribution in [-0.2, 0) is 4.74 Å². The molecule has 7 heteroatoms. The Hall–Kier alpha value is -1.86. The van der Waals surface area contributed by atoms with Crippen LogP contribution in [0.15, 0.2) is 29.4 Å². The van der Waals surface area contributed by atoms with Gasteiger partial charge in [0, 0.05) is 64.7 Å². The van der Waals surface area contributed by atoms with E-state index in [2.05, 4.69) is 50.2 Å². The molecule has 0 aromatic carbocycles. The zero-order valence-corrected chi connectivity index (χ0v) is 16.3. The highest BCUT2D eigenvalue weighted by Gasteiger charge is 2.35. The van der Waals surface area contributed by atoms with Crippen LogP contribution in [0.5, 0.6) is 0 Å². The van der Waals surface area contributed by atoms with Gasteiger partial charge >= 0.3 is 0 Å². The summed E-state index contributed by atoms with van der Waals surface area (Å²) in [5.41, 5.74) is 0.143. The molecule has 2 fully saturated rings. The standard InChI is InChI=1S/C19H32N6O/c1-20-18(22-16-19(23(2)3)7-14-26-15-8-19)25-12-10-24(11-13-25)17-6-4-5-9-21-17/h4-6,9H,7-8,10-16H2,1-3H3,(H,20,22). The van der Waals surface area contributed by atoms with Crippen molar-refractivity contribution in [3.63, 3.8) is 0 Å². The SMILES string of the molecule is CN=C(NCC1(N(C)C)CCOCC1)N1CCN(c2ccccn2)CC1. The van der Waals surface area contributed by atoms with Gasteiger partial charge in [0.2, 0.25) is 0 Å². The predicted octanol–water partition coefficient (Wildman–Crippen LogP) is 0.890. The van der Waals surface area contributed by atoms with Crippen LogP contribution >= 0.6 is 0 Å². The van der Waals surface area contributed by atoms with Crippen molar-refractivity contribution in [3.05, 3.63) is 24.4 Å². The number of aliphatic imine (C=N–C) groups is 1. The van der Waals surface area contributed by atoms with Crippen molar-refractivity contribution in [1.29, 1.82) is 0 Å². The fraction of sp³-hybridized carbons (Fsp3) is 0.684. The lowest BCUT2D eigenvalue weighted by Gasteiger charge is -2.44. The van der Waals surface area contributed by atoms with Gasteiger partial charge in [0.25, 0.3) is 0 Å². The van der Waals surface area contributed by atoms with Gasteiger partial charge in [0.1, 0.15) is 5.82 Å². The topological polar surface area (TPSA) is 56.2 Å². The second kappa shape index (κ2) is 8.68. The van der Waals surface area contributed by atoms with E-state index in [0.29, 0.717) is 0 Å². The summed E-state index contributed by atoms with van der Waals surface area (Å²) in [6.45, 7) is 6.40. The van der Waals surface area contributed by atoms with Crippen LogP contribution in [0, 0.1) is 0 Å². The molecule has 144 valence electrons. The van der Waals surface area contributed by atoms with Gasteiger partial charge in [0.05, 0.1) is 0 Å². The van der Waals surface area contributed by atoms with E-state index >= 15 is 0 Å². The molecule has 2 saturated heterocycles. The van der Waals surface area contributed by atoms with E-state index in [9.17, 15) is 0 Å². The molecule has 0 radical (unpaired) electrons. The molecule has 0 amide bonds. The lowest BCUT2D eigenvalue weighted by molar-refractivity contribution is -0.00526. The zero-order chi connectivity index (χ0) is 18.4. The Balaban J connectivity index is 1.55. The number of nitrogens with one attached hydrogen (secondary N) is 1. The highest BCUT2D eigenvalue weighted by Crippen LogP contribution is 2.25. The number of likely N-dealkylation sites (N-methyl/N-ethyl adjacent to an activating group) is 1. The third kappa shape index (κ3) is 4.27. The third-order valence-corrected chi connectivity index (χ3v) is 5.71. The Morgan fingerprint density at radius 3 is 2.54 bits per heavy atom. The molecule has 0 atom stereocenters. The van der Waals surface area contributed by atoms with Gasteiger partial charge in [0.15, 0.2) is 5.96 Å². The van der Waals surface area contributed by atoms with E-state index in [1.165, 1.54) is 0 Å². The van der Waals surface area contributed by atoms with E-state index in [1.807, 2.05) is 25.4 Å². The number of hydrogen-bond acceptors (Lipinski definition) is 5. The summed E-state index contributed by atoms with van der Waals surface area (Å²) in [5.74, 6) is 2.06. The molecule has 1 aromatic rings. The number of nitrogens with zero attached hydrogens (tertiary/aromatic N) is 5. The van der Waals surface area contributed by atoms with Crippen LogP contribution < -0.4 is 10.2 Å². The van der Waals surface area contributed by atoms with Crippen LogP contribution in [-0.4, -0.2) is 93.4 Å². The second-order valence-electron chi connectivity index (χ2n) is 7.29. The Morgan fingerprint density at radius 1 is 1.23 bits per heavy atom. The van der Waals surface area contributed by atoms with E-state index in [0.717, 1.165) is 70.6 Å². The first kappa shape index (κ1) is 18.9. The summed E-state index contributed by atoms with van der Waals surface area (Å²) < 4.78 is 5.57. The van der Waals surface area contributed by atoms with Gasteiger partial charge in [-0.15, -0.1) is 0 Å². The van der Waals surface area contributed by atoms with Crippen molar-refractivity contribution in [1.82, 2.24) is 20.1 Å². The summed E-state index contributed by atoms with van der Waals surface area (Å²) in [6.07, 6.45) is 3.96. The maximum absolute atomic E-state index is 5.57. The zero-order valence-electron chi connectivity index (χ0n) is 16.3. The molecule has 7 nitrogen and oxygen atoms in total. The van der Waals surface area contributed by atoms with Crippen molar-refractivity contribution >= 4 is 11.8 Å². The van der Waals surface area contributed by atoms with Crippen LogP contribution in [0.25, 0.3) is 0 Å². The number of anilines is 1. The minimum Gasteiger partial charge on any atom is -0.381 e. The molecule has 2 aliphatic rings. The fourth-order valence-corrected chi connectivity index (χ4v) is 3.80. The Bertz CT molecular complexity index is 577. The average molecular weight is 361 g/mol. The summed E-state index contributed by atoms with van der Waals surface area (Å²) in [4.78, 5) is 16.0. The number of pyridine rings is 1. The van der Waals surface area contributed by atoms with Crippen LogP contribution in [0.3, 0.4) is 0 Å². The van der Waals surface area contributed by atoms with Gasteiger partial charge in [-0.25, -0.2) is 4.98 Å². The smallest absolute Gasteiger partial charge is 0.193 e. The first-order valence-electron chi connectivity index (χ1n) is 9.51. The second-order valence-corrected chi connectivity index (χ2v) is 7.29. The van der Waals surface area contributed by atoms with Gasteiger partial charge in [-0.1, -0.05) is 6.07 Å². The van der Waals surface area contributed by atoms with Gasteiger partial charge in [-0.3, -0.25) is 4.99 Å². The lowest BCUT2D eigenvalue weighted by Crippen LogP contribution is -2.59. The monoisotopic (exact) mass is 360 g/mol. The lowest BCUT2D eigenvalue weighted by atomic mass is 9.88. The third-order valence-electron chi connectivity index (χ3n) is 5.71. The number of ether oxygens (including phenoxy) is 1. The van der Waals surface area contributed by atoms with Crippen molar-refractivity contribution in [2.24, 2.45) is 4.99 Å². The van der Waals surface area contributed by atoms with Gasteiger partial charge in [-0.2, -0.15) is 0 Å². The molecular weight excluding hydrogens is 328 g/mol. The quantitative estimate of drug-likeness (QED) is 0.636. The number of guanidine groups is 1. The molecule has 2 aliphatic heterocycles. The minimum absolute atomic E-state index is 0.143. The van der Waals surface area contributed by atoms with Crippen molar-refractivity contribution in [2.45, 2.75) is 18.4 Å². The number of rotatable bonds is 4. The van der Waals surface area contributed by atoms with E-state index in [1.54, 1.807) is 0 Å². The summed E-state index contributed by atoms with van der Waals surface area (Å²) in [7, 11) is 6.21. The van der Waals surface area contributed by atoms with Crippen LogP contribution in [0.2, 0.25) is 0 Å². The van der Waals surface area contributed by atoms with E-state index in [-0.39, 0.29) is 5.54 Å². The minimum atomic E-state index is 0.143. The van der Waals surface area contributed by atoms with Crippen molar-refractivity contribution < 1.29 is 4.74 Å². The molecule has 1 N–H and O–H groups in total. The van der Waals surface area contributed by atoms with Crippen molar-refractivity contribution in [3.8, 4) is 0 Å². The summed E-state index contributed by atoms with van der Waals surface area (Å²) in [6, 6.07) is 6.08. The maximum Gasteiger partial charge on any atom is 0.193 e. The van der Waals surface area contributed by atoms with E-state index < -0.39 is 0 Å². The first-order chi connectivity index (χ1) is 12.6. The normalized spacial score (nSPS) is 21.2. The molecule has 1 aromatic heterocycles. The summed E-state index contributed by atoms with van der Waals surface area (Å²) >= 11 is 0. The molecule has 0 bridgehead atoms. The van der Waals surface area contributed by atoms with E-state index in [4.69, 9.17) is 4.74 Å². The Labute approximate surface area is 157 Å². The molecule has 3 heterocycles. The number of hydrogen-bond donors (Lipinski definition) is 1. The highest BCUT2D eigenvalue weighted by atomic mass is 16.5. The predicted molar refractivity (Wildman–Crippen MR) is 106 cm³/mol. The molecule has 0 saturated carbocycles. The Morgan fingerprint density at radius 2 is 1.96 bits per heavy atom. The highest BCUT2D eigenvalue weighted by molar-refractivity contribution is 5.80. The Kier molecular flexibility index (Phi) is 6.32. The molecule has 26 heavy (non-hydrogen) atoms. The van der Waals surface area contributed by atoms with Gasteiger partial charge < -0.3 is 24.8 Å². The molecule has 0 aliphatic carbocycles. The van der Waals surface area contributed by atoms with Crippen molar-refractivity contribution in [2.75, 3.05) is 72.0 Å². The molecular formula is C19H32N6O. The average Bonchev–Trinajstić information content (AvgIpc) is 2.70. The maximum atomic E-state index is 5.57. The number of piperazine rings is 1. The fourth-order valence-electron chi connectivity index (χ4n) is 3.80. The molecule has 3 rings (SSSR count). The van der Waals surface area contributed by atoms with Gasteiger partial charge in [-0.05, 0) is 39.1 Å². The van der Waals surface area contributed by atoms with Crippen LogP contribution in [0.1, 0.15) is 12.8 Å². The number of aromatic nitrogens is 1. The van der Waals surface area contributed by atoms with Crippen LogP contribution in [0.4, 0.5) is 5.82 Å². The first-order valence-corrected chi connectivity index (χ1v) is 9.51. The molecule has 0 unspecified atom stereocenters. The largest absolute Gasteiger partial charge is 0.381 e. The molecule has 0 spiro atoms. The summed E-state index contributed by atoms with van der Waals surface area (Å²) in [5, 5.41) is 3.63.